The Morgan fingerprint density at radius 3 is 2.30 bits per heavy atom. The third-order valence-electron chi connectivity index (χ3n) is 3.10. The molecule has 114 valence electrons. The Morgan fingerprint density at radius 2 is 1.80 bits per heavy atom. The van der Waals surface area contributed by atoms with Crippen LogP contribution in [0, 0.1) is 0 Å². The van der Waals surface area contributed by atoms with Gasteiger partial charge in [0.1, 0.15) is 9.84 Å². The van der Waals surface area contributed by atoms with E-state index in [0.717, 1.165) is 5.56 Å². The van der Waals surface area contributed by atoms with E-state index in [0.29, 0.717) is 24.3 Å². The second-order valence-electron chi connectivity index (χ2n) is 5.40. The monoisotopic (exact) mass is 301 g/mol. The summed E-state index contributed by atoms with van der Waals surface area (Å²) in [5, 5.41) is 0. The zero-order valence-corrected chi connectivity index (χ0v) is 13.3. The number of sulfone groups is 1. The van der Waals surface area contributed by atoms with Crippen molar-refractivity contribution in [2.45, 2.75) is 25.3 Å². The SMILES string of the molecule is COc1ccc(CC(C)(N)CCS(C)(=O)=O)cc1OC. The Morgan fingerprint density at radius 1 is 1.20 bits per heavy atom. The molecule has 0 saturated carbocycles. The Labute approximate surface area is 121 Å². The van der Waals surface area contributed by atoms with E-state index in [1.54, 1.807) is 14.2 Å². The number of rotatable bonds is 7. The van der Waals surface area contributed by atoms with Crippen LogP contribution in [0.4, 0.5) is 0 Å². The number of nitrogens with two attached hydrogens (primary N) is 1. The van der Waals surface area contributed by atoms with Crippen molar-refractivity contribution in [1.29, 1.82) is 0 Å². The lowest BCUT2D eigenvalue weighted by Gasteiger charge is -2.24. The summed E-state index contributed by atoms with van der Waals surface area (Å²) in [4.78, 5) is 0. The van der Waals surface area contributed by atoms with E-state index in [4.69, 9.17) is 15.2 Å². The quantitative estimate of drug-likeness (QED) is 0.823. The summed E-state index contributed by atoms with van der Waals surface area (Å²) in [6.45, 7) is 1.86. The van der Waals surface area contributed by atoms with E-state index < -0.39 is 15.4 Å². The van der Waals surface area contributed by atoms with E-state index in [-0.39, 0.29) is 5.75 Å². The van der Waals surface area contributed by atoms with Gasteiger partial charge in [-0.05, 0) is 37.5 Å². The molecule has 20 heavy (non-hydrogen) atoms. The van der Waals surface area contributed by atoms with E-state index in [1.807, 2.05) is 25.1 Å². The molecule has 1 atom stereocenters. The number of methoxy groups -OCH3 is 2. The molecule has 6 heteroatoms. The van der Waals surface area contributed by atoms with Gasteiger partial charge in [0.15, 0.2) is 11.5 Å². The molecule has 1 aromatic carbocycles. The van der Waals surface area contributed by atoms with Crippen LogP contribution in [0.1, 0.15) is 18.9 Å². The maximum Gasteiger partial charge on any atom is 0.160 e. The normalized spacial score (nSPS) is 14.7. The highest BCUT2D eigenvalue weighted by Crippen LogP contribution is 2.29. The van der Waals surface area contributed by atoms with Crippen molar-refractivity contribution in [2.24, 2.45) is 5.73 Å². The lowest BCUT2D eigenvalue weighted by Crippen LogP contribution is -2.40. The van der Waals surface area contributed by atoms with Gasteiger partial charge >= 0.3 is 0 Å². The molecule has 0 spiro atoms. The van der Waals surface area contributed by atoms with Gasteiger partial charge in [0, 0.05) is 11.8 Å². The van der Waals surface area contributed by atoms with E-state index >= 15 is 0 Å². The molecule has 0 bridgehead atoms. The molecule has 0 aliphatic rings. The van der Waals surface area contributed by atoms with Crippen molar-refractivity contribution in [3.63, 3.8) is 0 Å². The molecule has 0 amide bonds. The van der Waals surface area contributed by atoms with Crippen LogP contribution < -0.4 is 15.2 Å². The molecule has 0 heterocycles. The molecular weight excluding hydrogens is 278 g/mol. The molecule has 0 saturated heterocycles. The minimum atomic E-state index is -3.00. The zero-order valence-electron chi connectivity index (χ0n) is 12.5. The summed E-state index contributed by atoms with van der Waals surface area (Å²) in [5.74, 6) is 1.39. The molecule has 2 N–H and O–H groups in total. The number of hydrogen-bond acceptors (Lipinski definition) is 5. The summed E-state index contributed by atoms with van der Waals surface area (Å²) >= 11 is 0. The first kappa shape index (κ1) is 16.8. The van der Waals surface area contributed by atoms with E-state index in [1.165, 1.54) is 6.26 Å². The van der Waals surface area contributed by atoms with Gasteiger partial charge in [0.05, 0.1) is 20.0 Å². The fourth-order valence-corrected chi connectivity index (χ4v) is 2.80. The lowest BCUT2D eigenvalue weighted by atomic mass is 9.91. The fraction of sp³-hybridized carbons (Fsp3) is 0.571. The second kappa shape index (κ2) is 6.45. The fourth-order valence-electron chi connectivity index (χ4n) is 1.96. The summed E-state index contributed by atoms with van der Waals surface area (Å²) in [5.41, 5.74) is 6.59. The molecule has 0 radical (unpaired) electrons. The van der Waals surface area contributed by atoms with Gasteiger partial charge in [-0.3, -0.25) is 0 Å². The zero-order chi connectivity index (χ0) is 15.4. The largest absolute Gasteiger partial charge is 0.493 e. The molecule has 0 aliphatic heterocycles. The van der Waals surface area contributed by atoms with Gasteiger partial charge in [-0.15, -0.1) is 0 Å². The predicted molar refractivity (Wildman–Crippen MR) is 80.2 cm³/mol. The van der Waals surface area contributed by atoms with Gasteiger partial charge < -0.3 is 15.2 Å². The highest BCUT2D eigenvalue weighted by molar-refractivity contribution is 7.90. The van der Waals surface area contributed by atoms with E-state index in [9.17, 15) is 8.42 Å². The maximum absolute atomic E-state index is 11.2. The van der Waals surface area contributed by atoms with E-state index in [2.05, 4.69) is 0 Å². The highest BCUT2D eigenvalue weighted by atomic mass is 32.2. The molecule has 0 aromatic heterocycles. The number of hydrogen-bond donors (Lipinski definition) is 1. The van der Waals surface area contributed by atoms with Crippen LogP contribution in [0.25, 0.3) is 0 Å². The van der Waals surface area contributed by atoms with Gasteiger partial charge in [0.25, 0.3) is 0 Å². The molecule has 0 fully saturated rings. The molecule has 0 aliphatic carbocycles. The van der Waals surface area contributed by atoms with Crippen molar-refractivity contribution < 1.29 is 17.9 Å². The van der Waals surface area contributed by atoms with Crippen LogP contribution in [-0.4, -0.2) is 40.2 Å². The summed E-state index contributed by atoms with van der Waals surface area (Å²) in [6, 6.07) is 5.60. The average Bonchev–Trinajstić information content (AvgIpc) is 2.35. The smallest absolute Gasteiger partial charge is 0.160 e. The van der Waals surface area contributed by atoms with Crippen molar-refractivity contribution in [3.05, 3.63) is 23.8 Å². The van der Waals surface area contributed by atoms with Gasteiger partial charge in [-0.25, -0.2) is 8.42 Å². The van der Waals surface area contributed by atoms with Crippen molar-refractivity contribution >= 4 is 9.84 Å². The van der Waals surface area contributed by atoms with Crippen LogP contribution in [0.15, 0.2) is 18.2 Å². The van der Waals surface area contributed by atoms with Gasteiger partial charge in [0.2, 0.25) is 0 Å². The summed E-state index contributed by atoms with van der Waals surface area (Å²) in [7, 11) is 0.159. The number of benzene rings is 1. The third kappa shape index (κ3) is 5.38. The highest BCUT2D eigenvalue weighted by Gasteiger charge is 2.22. The first-order valence-electron chi connectivity index (χ1n) is 6.34. The Hall–Kier alpha value is -1.27. The second-order valence-corrected chi connectivity index (χ2v) is 7.66. The molecule has 1 unspecified atom stereocenters. The predicted octanol–water partition coefficient (Wildman–Crippen LogP) is 1.40. The van der Waals surface area contributed by atoms with Crippen LogP contribution in [0.3, 0.4) is 0 Å². The van der Waals surface area contributed by atoms with Crippen LogP contribution in [0.2, 0.25) is 0 Å². The first-order valence-corrected chi connectivity index (χ1v) is 8.40. The standard InChI is InChI=1S/C14H23NO4S/c1-14(15,7-8-20(4,16)17)10-11-5-6-12(18-2)13(9-11)19-3/h5-6,9H,7-8,10,15H2,1-4H3. The number of ether oxygens (including phenoxy) is 2. The van der Waals surface area contributed by atoms with Crippen LogP contribution in [0.5, 0.6) is 11.5 Å². The first-order chi connectivity index (χ1) is 9.17. The lowest BCUT2D eigenvalue weighted by molar-refractivity contribution is 0.353. The van der Waals surface area contributed by atoms with Gasteiger partial charge in [-0.2, -0.15) is 0 Å². The summed E-state index contributed by atoms with van der Waals surface area (Å²) in [6.07, 6.45) is 2.21. The van der Waals surface area contributed by atoms with Gasteiger partial charge in [-0.1, -0.05) is 6.07 Å². The molecule has 1 rings (SSSR count). The average molecular weight is 301 g/mol. The Balaban J connectivity index is 2.81. The maximum atomic E-state index is 11.2. The van der Waals surface area contributed by atoms with Crippen molar-refractivity contribution in [2.75, 3.05) is 26.2 Å². The van der Waals surface area contributed by atoms with Crippen molar-refractivity contribution in [3.8, 4) is 11.5 Å². The molecule has 5 nitrogen and oxygen atoms in total. The van der Waals surface area contributed by atoms with Crippen LogP contribution >= 0.6 is 0 Å². The van der Waals surface area contributed by atoms with Crippen molar-refractivity contribution in [1.82, 2.24) is 0 Å². The molecule has 1 aromatic rings. The minimum absolute atomic E-state index is 0.0906. The summed E-state index contributed by atoms with van der Waals surface area (Å²) < 4.78 is 32.9. The molecular formula is C14H23NO4S. The Bertz CT molecular complexity index is 552. The Kier molecular flexibility index (Phi) is 5.42. The van der Waals surface area contributed by atoms with Crippen LogP contribution in [-0.2, 0) is 16.3 Å². The minimum Gasteiger partial charge on any atom is -0.493 e. The topological polar surface area (TPSA) is 78.6 Å². The third-order valence-corrected chi connectivity index (χ3v) is 4.05.